The van der Waals surface area contributed by atoms with E-state index in [-0.39, 0.29) is 57.8 Å². The first-order chi connectivity index (χ1) is 17.5. The summed E-state index contributed by atoms with van der Waals surface area (Å²) in [6.45, 7) is 1.49. The van der Waals surface area contributed by atoms with E-state index >= 15 is 0 Å². The number of phenolic OH excluding ortho intramolecular Hbond substituents is 1. The number of hydrogen-bond donors (Lipinski definition) is 1. The molecular formula is C28H24N2O6. The molecule has 2 aliphatic rings. The number of nitrogens with zero attached hydrogens (tertiary/aromatic N) is 2. The molecule has 4 heterocycles. The number of aromatic hydroxyl groups is 1. The predicted octanol–water partition coefficient (Wildman–Crippen LogP) is 3.35. The van der Waals surface area contributed by atoms with Crippen LogP contribution in [0.1, 0.15) is 18.0 Å². The molecule has 0 saturated carbocycles. The zero-order valence-electron chi connectivity index (χ0n) is 19.4. The number of rotatable bonds is 4. The highest BCUT2D eigenvalue weighted by molar-refractivity contribution is 5.86. The minimum Gasteiger partial charge on any atom is -0.507 e. The fraction of sp³-hybridized carbons (Fsp3) is 0.250. The third kappa shape index (κ3) is 3.94. The number of ether oxygens (including phenoxy) is 1. The second kappa shape index (κ2) is 8.71. The van der Waals surface area contributed by atoms with Gasteiger partial charge in [-0.05, 0) is 18.4 Å². The largest absolute Gasteiger partial charge is 0.507 e. The van der Waals surface area contributed by atoms with Crippen molar-refractivity contribution in [3.05, 3.63) is 93.0 Å². The summed E-state index contributed by atoms with van der Waals surface area (Å²) < 4.78 is 13.5. The second-order valence-electron chi connectivity index (χ2n) is 9.44. The lowest BCUT2D eigenvalue weighted by Gasteiger charge is -2.42. The van der Waals surface area contributed by atoms with Gasteiger partial charge in [0.15, 0.2) is 12.0 Å². The molecule has 1 N–H and O–H groups in total. The smallest absolute Gasteiger partial charge is 0.260 e. The molecule has 2 bridgehead atoms. The number of likely N-dealkylation sites (tertiary alicyclic amines) is 1. The van der Waals surface area contributed by atoms with Gasteiger partial charge in [-0.15, -0.1) is 0 Å². The molecule has 2 atom stereocenters. The predicted molar refractivity (Wildman–Crippen MR) is 133 cm³/mol. The van der Waals surface area contributed by atoms with E-state index in [1.54, 1.807) is 17.0 Å². The van der Waals surface area contributed by atoms with Gasteiger partial charge in [0.2, 0.25) is 0 Å². The fourth-order valence-electron chi connectivity index (χ4n) is 5.41. The van der Waals surface area contributed by atoms with Crippen LogP contribution >= 0.6 is 0 Å². The number of pyridine rings is 1. The Morgan fingerprint density at radius 2 is 1.83 bits per heavy atom. The summed E-state index contributed by atoms with van der Waals surface area (Å²) in [7, 11) is 0. The second-order valence-corrected chi connectivity index (χ2v) is 9.44. The van der Waals surface area contributed by atoms with E-state index < -0.39 is 0 Å². The minimum absolute atomic E-state index is 0.00324. The number of amides is 1. The van der Waals surface area contributed by atoms with Gasteiger partial charge >= 0.3 is 0 Å². The van der Waals surface area contributed by atoms with Crippen molar-refractivity contribution < 1.29 is 19.1 Å². The lowest BCUT2D eigenvalue weighted by Crippen LogP contribution is -2.50. The van der Waals surface area contributed by atoms with E-state index in [0.717, 1.165) is 17.7 Å². The highest BCUT2D eigenvalue weighted by atomic mass is 16.5. The normalized spacial score (nSPS) is 18.6. The first-order valence-electron chi connectivity index (χ1n) is 11.9. The Kier molecular flexibility index (Phi) is 5.36. The maximum atomic E-state index is 13.0. The molecule has 1 fully saturated rings. The van der Waals surface area contributed by atoms with Crippen molar-refractivity contribution in [1.82, 2.24) is 9.47 Å². The number of benzene rings is 2. The fourth-order valence-corrected chi connectivity index (χ4v) is 5.41. The monoisotopic (exact) mass is 484 g/mol. The van der Waals surface area contributed by atoms with Gasteiger partial charge < -0.3 is 23.7 Å². The molecule has 8 heteroatoms. The number of carbonyl (C=O) groups excluding carboxylic acids is 1. The number of fused-ring (bicyclic) bond motifs is 5. The molecule has 0 radical (unpaired) electrons. The molecule has 1 saturated heterocycles. The zero-order valence-corrected chi connectivity index (χ0v) is 19.4. The van der Waals surface area contributed by atoms with Crippen LogP contribution in [0.25, 0.3) is 22.3 Å². The molecule has 36 heavy (non-hydrogen) atoms. The van der Waals surface area contributed by atoms with E-state index in [1.807, 2.05) is 41.0 Å². The number of phenols is 1. The van der Waals surface area contributed by atoms with Crippen LogP contribution < -0.4 is 15.7 Å². The van der Waals surface area contributed by atoms with E-state index in [9.17, 15) is 19.5 Å². The van der Waals surface area contributed by atoms with Crippen LogP contribution in [0.2, 0.25) is 0 Å². The molecule has 2 aliphatic heterocycles. The number of aromatic nitrogens is 1. The maximum Gasteiger partial charge on any atom is 0.260 e. The molecule has 0 spiro atoms. The Morgan fingerprint density at radius 3 is 2.67 bits per heavy atom. The average molecular weight is 485 g/mol. The van der Waals surface area contributed by atoms with Gasteiger partial charge in [-0.25, -0.2) is 0 Å². The van der Waals surface area contributed by atoms with Gasteiger partial charge in [0, 0.05) is 61.1 Å². The van der Waals surface area contributed by atoms with Crippen LogP contribution in [0.4, 0.5) is 0 Å². The average Bonchev–Trinajstić information content (AvgIpc) is 2.88. The number of hydrogen-bond acceptors (Lipinski definition) is 6. The van der Waals surface area contributed by atoms with Crippen molar-refractivity contribution in [2.45, 2.75) is 18.9 Å². The minimum atomic E-state index is -0.366. The summed E-state index contributed by atoms with van der Waals surface area (Å²) in [5.74, 6) is 0.505. The molecule has 2 aromatic heterocycles. The third-order valence-electron chi connectivity index (χ3n) is 7.04. The van der Waals surface area contributed by atoms with Gasteiger partial charge in [0.1, 0.15) is 28.2 Å². The number of carbonyl (C=O) groups is 1. The standard InChI is InChI=1S/C28H24N2O6/c31-22-10-20(11-25-28(22)23(32)12-24(36-25)18-5-2-1-3-6-18)35-16-27(34)29-13-17-9-19(15-29)21-7-4-8-26(33)30(21)14-17/h1-8,10-12,17,19,31H,9,13-16H2/t17-,19-/m1/s1. The summed E-state index contributed by atoms with van der Waals surface area (Å²) in [5, 5.41) is 10.5. The van der Waals surface area contributed by atoms with Gasteiger partial charge in [-0.2, -0.15) is 0 Å². The van der Waals surface area contributed by atoms with E-state index in [4.69, 9.17) is 9.15 Å². The molecule has 2 aromatic carbocycles. The summed E-state index contributed by atoms with van der Waals surface area (Å²) in [6.07, 6.45) is 0.954. The van der Waals surface area contributed by atoms with Crippen LogP contribution in [-0.4, -0.2) is 40.2 Å². The Labute approximate surface area is 206 Å². The molecule has 182 valence electrons. The lowest BCUT2D eigenvalue weighted by atomic mass is 9.83. The first-order valence-corrected chi connectivity index (χ1v) is 11.9. The Morgan fingerprint density at radius 1 is 1.00 bits per heavy atom. The highest BCUT2D eigenvalue weighted by Crippen LogP contribution is 2.35. The van der Waals surface area contributed by atoms with Crippen LogP contribution in [0.5, 0.6) is 11.5 Å². The third-order valence-corrected chi connectivity index (χ3v) is 7.04. The quantitative estimate of drug-likeness (QED) is 0.477. The van der Waals surface area contributed by atoms with Crippen molar-refractivity contribution >= 4 is 16.9 Å². The SMILES string of the molecule is O=C(COc1cc(O)c2c(=O)cc(-c3ccccc3)oc2c1)N1C[C@H]2C[C@H](C1)c1cccc(=O)n1C2. The van der Waals surface area contributed by atoms with Crippen LogP contribution in [0.15, 0.2) is 80.7 Å². The molecule has 0 aliphatic carbocycles. The first kappa shape index (κ1) is 22.2. The zero-order chi connectivity index (χ0) is 24.8. The highest BCUT2D eigenvalue weighted by Gasteiger charge is 2.36. The van der Waals surface area contributed by atoms with Crippen molar-refractivity contribution in [3.8, 4) is 22.8 Å². The molecule has 8 nitrogen and oxygen atoms in total. The van der Waals surface area contributed by atoms with E-state index in [1.165, 1.54) is 18.2 Å². The van der Waals surface area contributed by atoms with Crippen molar-refractivity contribution in [2.24, 2.45) is 5.92 Å². The topological polar surface area (TPSA) is 102 Å². The summed E-state index contributed by atoms with van der Waals surface area (Å²) in [5.41, 5.74) is 1.52. The molecular weight excluding hydrogens is 460 g/mol. The number of piperidine rings is 1. The van der Waals surface area contributed by atoms with Crippen molar-refractivity contribution in [1.29, 1.82) is 0 Å². The molecule has 1 amide bonds. The van der Waals surface area contributed by atoms with Crippen LogP contribution in [0.3, 0.4) is 0 Å². The van der Waals surface area contributed by atoms with Gasteiger partial charge in [0.25, 0.3) is 11.5 Å². The van der Waals surface area contributed by atoms with Crippen molar-refractivity contribution in [3.63, 3.8) is 0 Å². The maximum absolute atomic E-state index is 13.0. The molecule has 0 unspecified atom stereocenters. The molecule has 6 rings (SSSR count). The Hall–Kier alpha value is -4.33. The van der Waals surface area contributed by atoms with Gasteiger partial charge in [0.05, 0.1) is 0 Å². The van der Waals surface area contributed by atoms with Crippen LogP contribution in [0, 0.1) is 5.92 Å². The van der Waals surface area contributed by atoms with E-state index in [0.29, 0.717) is 25.4 Å². The van der Waals surface area contributed by atoms with E-state index in [2.05, 4.69) is 0 Å². The summed E-state index contributed by atoms with van der Waals surface area (Å²) >= 11 is 0. The lowest BCUT2D eigenvalue weighted by molar-refractivity contribution is -0.136. The van der Waals surface area contributed by atoms with Gasteiger partial charge in [-0.1, -0.05) is 36.4 Å². The summed E-state index contributed by atoms with van der Waals surface area (Å²) in [6, 6.07) is 18.7. The Bertz CT molecular complexity index is 1590. The summed E-state index contributed by atoms with van der Waals surface area (Å²) in [4.78, 5) is 39.7. The molecule has 4 aromatic rings. The van der Waals surface area contributed by atoms with Crippen molar-refractivity contribution in [2.75, 3.05) is 19.7 Å². The van der Waals surface area contributed by atoms with Gasteiger partial charge in [-0.3, -0.25) is 14.4 Å². The van der Waals surface area contributed by atoms with Crippen LogP contribution in [-0.2, 0) is 11.3 Å². The Balaban J connectivity index is 1.21.